The molecule has 6 nitrogen and oxygen atoms in total. The molecular formula is C24H27N3O3S. The van der Waals surface area contributed by atoms with E-state index in [0.717, 1.165) is 41.1 Å². The van der Waals surface area contributed by atoms with Crippen LogP contribution in [0.5, 0.6) is 5.75 Å². The second kappa shape index (κ2) is 9.16. The van der Waals surface area contributed by atoms with E-state index in [4.69, 9.17) is 9.47 Å². The highest BCUT2D eigenvalue weighted by Crippen LogP contribution is 2.50. The molecule has 3 aromatic rings. The van der Waals surface area contributed by atoms with Gasteiger partial charge >= 0.3 is 0 Å². The summed E-state index contributed by atoms with van der Waals surface area (Å²) in [5.41, 5.74) is 2.71. The minimum atomic E-state index is -0.500. The maximum absolute atomic E-state index is 13.2. The lowest BCUT2D eigenvalue weighted by Crippen LogP contribution is -2.27. The van der Waals surface area contributed by atoms with Crippen LogP contribution in [0.15, 0.2) is 48.5 Å². The summed E-state index contributed by atoms with van der Waals surface area (Å²) in [4.78, 5) is 13.2. The molecule has 0 bridgehead atoms. The molecule has 1 N–H and O–H groups in total. The maximum atomic E-state index is 13.2. The van der Waals surface area contributed by atoms with Gasteiger partial charge in [-0.05, 0) is 48.9 Å². The second-order valence-electron chi connectivity index (χ2n) is 7.88. The topological polar surface area (TPSA) is 73.3 Å². The summed E-state index contributed by atoms with van der Waals surface area (Å²) in [6.45, 7) is 4.32. The Labute approximate surface area is 186 Å². The number of methoxy groups -OCH3 is 1. The van der Waals surface area contributed by atoms with Crippen molar-refractivity contribution >= 4 is 22.4 Å². The van der Waals surface area contributed by atoms with Crippen molar-refractivity contribution in [1.29, 1.82) is 0 Å². The van der Waals surface area contributed by atoms with Crippen molar-refractivity contribution in [2.24, 2.45) is 0 Å². The highest BCUT2D eigenvalue weighted by atomic mass is 32.1. The number of carbonyl (C=O) groups excluding carboxylic acids is 1. The van der Waals surface area contributed by atoms with Crippen LogP contribution in [0.4, 0.5) is 5.13 Å². The number of aromatic nitrogens is 2. The summed E-state index contributed by atoms with van der Waals surface area (Å²) in [5.74, 6) is 0.927. The van der Waals surface area contributed by atoms with E-state index in [0.29, 0.717) is 5.13 Å². The fourth-order valence-electron chi connectivity index (χ4n) is 3.88. The van der Waals surface area contributed by atoms with Gasteiger partial charge in [0.15, 0.2) is 6.79 Å². The average molecular weight is 438 g/mol. The summed E-state index contributed by atoms with van der Waals surface area (Å²) in [5, 5.41) is 13.1. The second-order valence-corrected chi connectivity index (χ2v) is 8.89. The number of amides is 1. The van der Waals surface area contributed by atoms with Crippen LogP contribution >= 0.6 is 11.3 Å². The van der Waals surface area contributed by atoms with Gasteiger partial charge in [0, 0.05) is 13.0 Å². The van der Waals surface area contributed by atoms with E-state index in [1.165, 1.54) is 16.9 Å². The molecule has 0 spiro atoms. The highest BCUT2D eigenvalue weighted by molar-refractivity contribution is 7.15. The zero-order valence-corrected chi connectivity index (χ0v) is 18.9. The minimum Gasteiger partial charge on any atom is -0.467 e. The average Bonchev–Trinajstić information content (AvgIpc) is 3.48. The normalized spacial score (nSPS) is 15.3. The number of benzene rings is 2. The van der Waals surface area contributed by atoms with Gasteiger partial charge in [-0.25, -0.2) is 0 Å². The number of nitrogens with zero attached hydrogens (tertiary/aromatic N) is 2. The zero-order valence-electron chi connectivity index (χ0n) is 18.1. The molecule has 0 aliphatic heterocycles. The maximum Gasteiger partial charge on any atom is 0.236 e. The van der Waals surface area contributed by atoms with Crippen molar-refractivity contribution in [1.82, 2.24) is 10.2 Å². The lowest BCUT2D eigenvalue weighted by molar-refractivity contribution is -0.118. The van der Waals surface area contributed by atoms with Crippen LogP contribution in [0.25, 0.3) is 0 Å². The van der Waals surface area contributed by atoms with Crippen molar-refractivity contribution in [3.05, 3.63) is 70.2 Å². The van der Waals surface area contributed by atoms with E-state index in [9.17, 15) is 4.79 Å². The van der Waals surface area contributed by atoms with Gasteiger partial charge in [-0.2, -0.15) is 0 Å². The van der Waals surface area contributed by atoms with Crippen molar-refractivity contribution in [3.63, 3.8) is 0 Å². The largest absolute Gasteiger partial charge is 0.467 e. The number of hydrogen-bond acceptors (Lipinski definition) is 6. The van der Waals surface area contributed by atoms with Gasteiger partial charge in [0.25, 0.3) is 0 Å². The Morgan fingerprint density at radius 3 is 2.61 bits per heavy atom. The number of ether oxygens (including phenoxy) is 2. The van der Waals surface area contributed by atoms with Crippen LogP contribution in [0.3, 0.4) is 0 Å². The van der Waals surface area contributed by atoms with Crippen LogP contribution < -0.4 is 10.1 Å². The van der Waals surface area contributed by atoms with Gasteiger partial charge in [0.1, 0.15) is 10.8 Å². The SMILES string of the molecule is CCC(c1ccccc1)c1nnc(NC(=O)C2(c3ccc(OCOC)c(C)c3)CC2)s1. The van der Waals surface area contributed by atoms with Crippen LogP contribution in [0.1, 0.15) is 53.8 Å². The van der Waals surface area contributed by atoms with Gasteiger partial charge in [0.2, 0.25) is 11.0 Å². The van der Waals surface area contributed by atoms with Gasteiger partial charge in [-0.3, -0.25) is 10.1 Å². The van der Waals surface area contributed by atoms with Gasteiger partial charge in [0.05, 0.1) is 5.41 Å². The number of nitrogens with one attached hydrogen (secondary N) is 1. The molecule has 7 heteroatoms. The number of rotatable bonds is 9. The first-order valence-electron chi connectivity index (χ1n) is 10.5. The quantitative estimate of drug-likeness (QED) is 0.475. The summed E-state index contributed by atoms with van der Waals surface area (Å²) in [6, 6.07) is 16.2. The Bertz CT molecular complexity index is 1050. The zero-order chi connectivity index (χ0) is 21.8. The van der Waals surface area contributed by atoms with Gasteiger partial charge in [-0.15, -0.1) is 10.2 Å². The Balaban J connectivity index is 1.48. The lowest BCUT2D eigenvalue weighted by atomic mass is 9.93. The minimum absolute atomic E-state index is 0.0204. The van der Waals surface area contributed by atoms with Crippen LogP contribution in [0.2, 0.25) is 0 Å². The fraction of sp³-hybridized carbons (Fsp3) is 0.375. The van der Waals surface area contributed by atoms with E-state index in [-0.39, 0.29) is 18.6 Å². The lowest BCUT2D eigenvalue weighted by Gasteiger charge is -2.17. The van der Waals surface area contributed by atoms with Gasteiger partial charge in [-0.1, -0.05) is 60.7 Å². The van der Waals surface area contributed by atoms with Crippen LogP contribution in [-0.4, -0.2) is 30.0 Å². The van der Waals surface area contributed by atoms with E-state index >= 15 is 0 Å². The number of aryl methyl sites for hydroxylation is 1. The summed E-state index contributed by atoms with van der Waals surface area (Å²) < 4.78 is 10.5. The van der Waals surface area contributed by atoms with E-state index in [1.807, 2.05) is 43.3 Å². The number of carbonyl (C=O) groups is 1. The van der Waals surface area contributed by atoms with Crippen molar-refractivity contribution in [3.8, 4) is 5.75 Å². The Kier molecular flexibility index (Phi) is 6.34. The predicted molar refractivity (Wildman–Crippen MR) is 122 cm³/mol. The summed E-state index contributed by atoms with van der Waals surface area (Å²) >= 11 is 1.45. The first kappa shape index (κ1) is 21.5. The molecule has 1 unspecified atom stereocenters. The monoisotopic (exact) mass is 437 g/mol. The summed E-state index contributed by atoms with van der Waals surface area (Å²) in [6.07, 6.45) is 2.57. The molecule has 1 fully saturated rings. The molecule has 1 aromatic heterocycles. The van der Waals surface area contributed by atoms with Crippen LogP contribution in [-0.2, 0) is 14.9 Å². The molecule has 4 rings (SSSR count). The fourth-order valence-corrected chi connectivity index (χ4v) is 4.83. The third-order valence-electron chi connectivity index (χ3n) is 5.81. The Morgan fingerprint density at radius 1 is 1.19 bits per heavy atom. The Morgan fingerprint density at radius 2 is 1.97 bits per heavy atom. The predicted octanol–water partition coefficient (Wildman–Crippen LogP) is 5.04. The molecule has 162 valence electrons. The van der Waals surface area contributed by atoms with Crippen molar-refractivity contribution < 1.29 is 14.3 Å². The molecule has 1 aliphatic carbocycles. The van der Waals surface area contributed by atoms with Crippen molar-refractivity contribution in [2.75, 3.05) is 19.2 Å². The molecular weight excluding hydrogens is 410 g/mol. The standard InChI is InChI=1S/C24H27N3O3S/c1-4-19(17-8-6-5-7-9-17)21-26-27-23(31-21)25-22(28)24(12-13-24)18-10-11-20(16(2)14-18)30-15-29-3/h5-11,14,19H,4,12-13,15H2,1-3H3,(H,25,27,28). The molecule has 2 aromatic carbocycles. The molecule has 1 atom stereocenters. The molecule has 1 aliphatic rings. The molecule has 0 saturated heterocycles. The first-order chi connectivity index (χ1) is 15.1. The van der Waals surface area contributed by atoms with Gasteiger partial charge < -0.3 is 9.47 Å². The number of anilines is 1. The van der Waals surface area contributed by atoms with E-state index in [2.05, 4.69) is 34.6 Å². The smallest absolute Gasteiger partial charge is 0.236 e. The third kappa shape index (κ3) is 4.48. The molecule has 1 amide bonds. The van der Waals surface area contributed by atoms with E-state index < -0.39 is 5.41 Å². The van der Waals surface area contributed by atoms with Crippen LogP contribution in [0, 0.1) is 6.92 Å². The number of hydrogen-bond donors (Lipinski definition) is 1. The molecule has 1 saturated carbocycles. The van der Waals surface area contributed by atoms with Crippen molar-refractivity contribution in [2.45, 2.75) is 44.4 Å². The summed E-state index contributed by atoms with van der Waals surface area (Å²) in [7, 11) is 1.59. The first-order valence-corrected chi connectivity index (χ1v) is 11.3. The molecule has 0 radical (unpaired) electrons. The molecule has 31 heavy (non-hydrogen) atoms. The Hall–Kier alpha value is -2.77. The third-order valence-corrected chi connectivity index (χ3v) is 6.77. The highest BCUT2D eigenvalue weighted by Gasteiger charge is 2.51. The molecule has 1 heterocycles. The van der Waals surface area contributed by atoms with E-state index in [1.54, 1.807) is 7.11 Å².